The van der Waals surface area contributed by atoms with E-state index in [1.54, 1.807) is 13.1 Å². The number of aromatic amines is 1. The molecule has 5 heteroatoms. The van der Waals surface area contributed by atoms with Gasteiger partial charge in [0.15, 0.2) is 5.78 Å². The highest BCUT2D eigenvalue weighted by atomic mass is 19.1. The van der Waals surface area contributed by atoms with E-state index in [-0.39, 0.29) is 12.3 Å². The van der Waals surface area contributed by atoms with Crippen molar-refractivity contribution in [2.45, 2.75) is 0 Å². The van der Waals surface area contributed by atoms with Crippen molar-refractivity contribution in [2.75, 3.05) is 13.6 Å². The summed E-state index contributed by atoms with van der Waals surface area (Å²) in [5.41, 5.74) is 1.57. The fourth-order valence-corrected chi connectivity index (χ4v) is 1.39. The number of carbonyl (C=O) groups is 1. The van der Waals surface area contributed by atoms with Crippen molar-refractivity contribution in [1.29, 1.82) is 0 Å². The third kappa shape index (κ3) is 1.87. The van der Waals surface area contributed by atoms with E-state index >= 15 is 0 Å². The number of halogens is 1. The first-order valence-corrected chi connectivity index (χ1v) is 4.53. The Morgan fingerprint density at radius 1 is 1.60 bits per heavy atom. The average molecular weight is 207 g/mol. The summed E-state index contributed by atoms with van der Waals surface area (Å²) in [7, 11) is 1.69. The fraction of sp³-hybridized carbons (Fsp3) is 0.200. The lowest BCUT2D eigenvalue weighted by atomic mass is 10.3. The molecule has 2 N–H and O–H groups in total. The van der Waals surface area contributed by atoms with Crippen LogP contribution in [0.4, 0.5) is 4.39 Å². The van der Waals surface area contributed by atoms with Crippen LogP contribution in [0, 0.1) is 5.82 Å². The molecule has 2 rings (SSSR count). The van der Waals surface area contributed by atoms with Gasteiger partial charge in [0.25, 0.3) is 0 Å². The molecular formula is C10H10FN3O. The Morgan fingerprint density at radius 3 is 3.13 bits per heavy atom. The zero-order valence-electron chi connectivity index (χ0n) is 8.17. The zero-order chi connectivity index (χ0) is 10.8. The summed E-state index contributed by atoms with van der Waals surface area (Å²) in [5.74, 6) is -0.493. The first kappa shape index (κ1) is 9.79. The topological polar surface area (TPSA) is 57.8 Å². The number of nitrogens with one attached hydrogen (secondary N) is 2. The Labute approximate surface area is 85.5 Å². The summed E-state index contributed by atoms with van der Waals surface area (Å²) >= 11 is 0. The number of likely N-dealkylation sites (N-methyl/N-ethyl adjacent to an activating group) is 1. The number of pyridine rings is 1. The van der Waals surface area contributed by atoms with Crippen molar-refractivity contribution in [3.63, 3.8) is 0 Å². The minimum Gasteiger partial charge on any atom is -0.351 e. The third-order valence-corrected chi connectivity index (χ3v) is 2.07. The highest BCUT2D eigenvalue weighted by Gasteiger charge is 2.09. The summed E-state index contributed by atoms with van der Waals surface area (Å²) < 4.78 is 12.8. The summed E-state index contributed by atoms with van der Waals surface area (Å²) in [4.78, 5) is 18.2. The molecule has 0 saturated carbocycles. The van der Waals surface area contributed by atoms with E-state index in [1.807, 2.05) is 0 Å². The zero-order valence-corrected chi connectivity index (χ0v) is 8.17. The molecular weight excluding hydrogens is 197 g/mol. The Bertz CT molecular complexity index is 506. The number of rotatable bonds is 3. The maximum Gasteiger partial charge on any atom is 0.192 e. The molecule has 0 aliphatic rings. The van der Waals surface area contributed by atoms with Crippen molar-refractivity contribution in [2.24, 2.45) is 0 Å². The molecule has 78 valence electrons. The molecule has 2 aromatic rings. The third-order valence-electron chi connectivity index (χ3n) is 2.07. The second-order valence-corrected chi connectivity index (χ2v) is 3.22. The summed E-state index contributed by atoms with van der Waals surface area (Å²) in [6, 6.07) is 2.94. The highest BCUT2D eigenvalue weighted by molar-refractivity contribution is 5.99. The van der Waals surface area contributed by atoms with Gasteiger partial charge in [-0.25, -0.2) is 4.39 Å². The predicted octanol–water partition coefficient (Wildman–Crippen LogP) is 1.10. The number of ketones is 1. The van der Waals surface area contributed by atoms with E-state index in [0.717, 1.165) is 6.20 Å². The van der Waals surface area contributed by atoms with E-state index in [2.05, 4.69) is 15.3 Å². The van der Waals surface area contributed by atoms with Crippen LogP contribution in [0.15, 0.2) is 18.3 Å². The van der Waals surface area contributed by atoms with Crippen molar-refractivity contribution in [1.82, 2.24) is 15.3 Å². The first-order valence-electron chi connectivity index (χ1n) is 4.53. The first-order chi connectivity index (χ1) is 7.20. The molecule has 0 atom stereocenters. The number of Topliss-reactive ketones (excluding diaryl/α,β-unsaturated/α-hetero) is 1. The number of nitrogens with zero attached hydrogens (tertiary/aromatic N) is 1. The Kier molecular flexibility index (Phi) is 2.47. The monoisotopic (exact) mass is 207 g/mol. The summed E-state index contributed by atoms with van der Waals surface area (Å²) in [6.07, 6.45) is 1.13. The molecule has 15 heavy (non-hydrogen) atoms. The largest absolute Gasteiger partial charge is 0.351 e. The van der Waals surface area contributed by atoms with Gasteiger partial charge in [-0.05, 0) is 13.1 Å². The fourth-order valence-electron chi connectivity index (χ4n) is 1.39. The van der Waals surface area contributed by atoms with Gasteiger partial charge >= 0.3 is 0 Å². The number of H-pyrrole nitrogens is 1. The molecule has 0 radical (unpaired) electrons. The number of aromatic nitrogens is 2. The summed E-state index contributed by atoms with van der Waals surface area (Å²) in [6.45, 7) is 0.245. The molecule has 4 nitrogen and oxygen atoms in total. The van der Waals surface area contributed by atoms with Crippen LogP contribution in [0.25, 0.3) is 11.0 Å². The predicted molar refractivity (Wildman–Crippen MR) is 54.3 cm³/mol. The van der Waals surface area contributed by atoms with Crippen LogP contribution < -0.4 is 5.32 Å². The van der Waals surface area contributed by atoms with Crippen LogP contribution >= 0.6 is 0 Å². The molecule has 0 unspecified atom stereocenters. The number of carbonyl (C=O) groups excluding carboxylic acids is 1. The maximum absolute atomic E-state index is 12.8. The smallest absolute Gasteiger partial charge is 0.192 e. The number of fused-ring (bicyclic) bond motifs is 1. The SMILES string of the molecule is CNCC(=O)c1cc2ncc(F)cc2[nH]1. The Morgan fingerprint density at radius 2 is 2.40 bits per heavy atom. The van der Waals surface area contributed by atoms with Crippen LogP contribution in [0.3, 0.4) is 0 Å². The lowest BCUT2D eigenvalue weighted by Crippen LogP contribution is -2.18. The maximum atomic E-state index is 12.8. The molecule has 0 aliphatic carbocycles. The van der Waals surface area contributed by atoms with Crippen molar-refractivity contribution in [3.05, 3.63) is 29.8 Å². The molecule has 0 aliphatic heterocycles. The quantitative estimate of drug-likeness (QED) is 0.741. The van der Waals surface area contributed by atoms with Gasteiger partial charge in [-0.2, -0.15) is 0 Å². The van der Waals surface area contributed by atoms with Gasteiger partial charge in [-0.3, -0.25) is 9.78 Å². The minimum atomic E-state index is -0.419. The molecule has 0 bridgehead atoms. The van der Waals surface area contributed by atoms with Crippen molar-refractivity contribution < 1.29 is 9.18 Å². The molecule has 0 spiro atoms. The Hall–Kier alpha value is -1.75. The van der Waals surface area contributed by atoms with E-state index < -0.39 is 5.82 Å². The van der Waals surface area contributed by atoms with E-state index in [1.165, 1.54) is 6.07 Å². The van der Waals surface area contributed by atoms with E-state index in [0.29, 0.717) is 16.7 Å². The van der Waals surface area contributed by atoms with Gasteiger partial charge in [0, 0.05) is 6.07 Å². The highest BCUT2D eigenvalue weighted by Crippen LogP contribution is 2.13. The van der Waals surface area contributed by atoms with Gasteiger partial charge in [0.1, 0.15) is 5.82 Å². The summed E-state index contributed by atoms with van der Waals surface area (Å²) in [5, 5.41) is 2.76. The second kappa shape index (κ2) is 3.78. The molecule has 0 fully saturated rings. The van der Waals surface area contributed by atoms with Crippen LogP contribution in [0.2, 0.25) is 0 Å². The average Bonchev–Trinajstić information content (AvgIpc) is 2.60. The molecule has 2 aromatic heterocycles. The van der Waals surface area contributed by atoms with Gasteiger partial charge in [0.05, 0.1) is 29.5 Å². The van der Waals surface area contributed by atoms with Crippen LogP contribution in [-0.4, -0.2) is 29.3 Å². The van der Waals surface area contributed by atoms with Gasteiger partial charge in [0.2, 0.25) is 0 Å². The molecule has 0 aromatic carbocycles. The standard InChI is InChI=1S/C10H10FN3O/c1-12-5-10(15)9-3-7-8(14-9)2-6(11)4-13-7/h2-4,12,14H,5H2,1H3. The van der Waals surface area contributed by atoms with Crippen molar-refractivity contribution in [3.8, 4) is 0 Å². The lowest BCUT2D eigenvalue weighted by molar-refractivity contribution is 0.0989. The lowest BCUT2D eigenvalue weighted by Gasteiger charge is -1.94. The number of hydrogen-bond acceptors (Lipinski definition) is 3. The van der Waals surface area contributed by atoms with Gasteiger partial charge < -0.3 is 10.3 Å². The van der Waals surface area contributed by atoms with Crippen molar-refractivity contribution >= 4 is 16.8 Å². The second-order valence-electron chi connectivity index (χ2n) is 3.22. The Balaban J connectivity index is 2.42. The minimum absolute atomic E-state index is 0.0732. The normalized spacial score (nSPS) is 10.8. The molecule has 2 heterocycles. The van der Waals surface area contributed by atoms with E-state index in [9.17, 15) is 9.18 Å². The van der Waals surface area contributed by atoms with Gasteiger partial charge in [-0.15, -0.1) is 0 Å². The van der Waals surface area contributed by atoms with Crippen LogP contribution in [0.5, 0.6) is 0 Å². The van der Waals surface area contributed by atoms with Crippen LogP contribution in [0.1, 0.15) is 10.5 Å². The van der Waals surface area contributed by atoms with E-state index in [4.69, 9.17) is 0 Å². The number of hydrogen-bond donors (Lipinski definition) is 2. The van der Waals surface area contributed by atoms with Gasteiger partial charge in [-0.1, -0.05) is 0 Å². The molecule has 0 saturated heterocycles. The van der Waals surface area contributed by atoms with Crippen LogP contribution in [-0.2, 0) is 0 Å². The molecule has 0 amide bonds.